The largest absolute Gasteiger partial charge is 0.395 e. The fourth-order valence-corrected chi connectivity index (χ4v) is 1.17. The Morgan fingerprint density at radius 3 is 2.00 bits per heavy atom. The van der Waals surface area contributed by atoms with Gasteiger partial charge in [-0.25, -0.2) is 0 Å². The molecule has 0 aromatic carbocycles. The third kappa shape index (κ3) is 3.73. The lowest BCUT2D eigenvalue weighted by Gasteiger charge is -2.22. The number of aliphatic hydroxyl groups is 1. The van der Waals surface area contributed by atoms with E-state index in [1.54, 1.807) is 15.9 Å². The molecule has 12 heavy (non-hydrogen) atoms. The molecule has 0 heterocycles. The molecule has 74 valence electrons. The maximum absolute atomic E-state index is 12.5. The molecule has 1 atom stereocenters. The summed E-state index contributed by atoms with van der Waals surface area (Å²) in [6.07, 6.45) is -1.05. The van der Waals surface area contributed by atoms with Gasteiger partial charge in [-0.1, -0.05) is 22.6 Å². The molecule has 0 spiro atoms. The van der Waals surface area contributed by atoms with Crippen LogP contribution in [0.4, 0.5) is 17.6 Å². The van der Waals surface area contributed by atoms with Gasteiger partial charge in [0.2, 0.25) is 0 Å². The molecule has 0 aliphatic heterocycles. The summed E-state index contributed by atoms with van der Waals surface area (Å²) in [5, 5.41) is 8.36. The minimum Gasteiger partial charge on any atom is -0.395 e. The van der Waals surface area contributed by atoms with E-state index in [-0.39, 0.29) is 0 Å². The van der Waals surface area contributed by atoms with Gasteiger partial charge >= 0.3 is 10.8 Å². The number of halogens is 6. The van der Waals surface area contributed by atoms with Crippen LogP contribution in [0.15, 0.2) is 0 Å². The van der Waals surface area contributed by atoms with Crippen molar-refractivity contribution in [3.8, 4) is 0 Å². The van der Waals surface area contributed by atoms with Gasteiger partial charge in [-0.05, 0) is 15.9 Å². The molecular formula is C5H6BrF4IO. The summed E-state index contributed by atoms with van der Waals surface area (Å²) >= 11 is 3.08. The fraction of sp³-hybridized carbons (Fsp3) is 1.00. The molecule has 0 saturated heterocycles. The summed E-state index contributed by atoms with van der Waals surface area (Å²) in [6.45, 7) is -0.542. The lowest BCUT2D eigenvalue weighted by Crippen LogP contribution is -2.37. The lowest BCUT2D eigenvalue weighted by atomic mass is 10.2. The monoisotopic (exact) mass is 364 g/mol. The first kappa shape index (κ1) is 12.9. The maximum atomic E-state index is 12.5. The number of rotatable bonds is 4. The van der Waals surface area contributed by atoms with E-state index in [1.165, 1.54) is 22.6 Å². The molecule has 1 nitrogen and oxygen atoms in total. The second kappa shape index (κ2) is 4.41. The first-order chi connectivity index (χ1) is 5.20. The van der Waals surface area contributed by atoms with Crippen LogP contribution in [0.3, 0.4) is 0 Å². The maximum Gasteiger partial charge on any atom is 0.363 e. The minimum absolute atomic E-state index is 0.542. The summed E-state index contributed by atoms with van der Waals surface area (Å²) in [5.41, 5.74) is 0. The third-order valence-corrected chi connectivity index (χ3v) is 2.51. The smallest absolute Gasteiger partial charge is 0.363 e. The van der Waals surface area contributed by atoms with Crippen LogP contribution in [0, 0.1) is 0 Å². The molecule has 1 unspecified atom stereocenters. The molecule has 0 amide bonds. The van der Waals surface area contributed by atoms with Crippen molar-refractivity contribution in [1.29, 1.82) is 0 Å². The fourth-order valence-electron chi connectivity index (χ4n) is 0.458. The van der Waals surface area contributed by atoms with Gasteiger partial charge in [0.15, 0.2) is 0 Å². The summed E-state index contributed by atoms with van der Waals surface area (Å²) in [7, 11) is 0. The Balaban J connectivity index is 4.22. The van der Waals surface area contributed by atoms with E-state index in [2.05, 4.69) is 0 Å². The van der Waals surface area contributed by atoms with E-state index in [4.69, 9.17) is 5.11 Å². The first-order valence-electron chi connectivity index (χ1n) is 2.90. The van der Waals surface area contributed by atoms with Crippen molar-refractivity contribution in [3.05, 3.63) is 0 Å². The standard InChI is InChI=1S/C5H6BrF4IO/c6-5(9,10)4(7,8)1-3(11)2-12/h3,12H,1-2H2. The SMILES string of the molecule is OCC(I)CC(F)(F)C(F)(F)Br. The highest BCUT2D eigenvalue weighted by atomic mass is 127. The topological polar surface area (TPSA) is 20.2 Å². The van der Waals surface area contributed by atoms with E-state index < -0.39 is 27.7 Å². The Bertz CT molecular complexity index is 149. The molecule has 0 saturated carbocycles. The second-order valence-corrected chi connectivity index (χ2v) is 4.94. The van der Waals surface area contributed by atoms with E-state index in [1.807, 2.05) is 0 Å². The van der Waals surface area contributed by atoms with Crippen molar-refractivity contribution in [2.24, 2.45) is 0 Å². The molecule has 0 rings (SSSR count). The Kier molecular flexibility index (Phi) is 4.73. The molecule has 7 heteroatoms. The number of aliphatic hydroxyl groups excluding tert-OH is 1. The van der Waals surface area contributed by atoms with Gasteiger partial charge in [-0.2, -0.15) is 17.6 Å². The van der Waals surface area contributed by atoms with Crippen LogP contribution in [-0.4, -0.2) is 26.4 Å². The van der Waals surface area contributed by atoms with Crippen LogP contribution in [-0.2, 0) is 0 Å². The molecule has 0 radical (unpaired) electrons. The summed E-state index contributed by atoms with van der Waals surface area (Å²) < 4.78 is 48.2. The molecule has 1 N–H and O–H groups in total. The summed E-state index contributed by atoms with van der Waals surface area (Å²) in [5.74, 6) is -4.12. The van der Waals surface area contributed by atoms with Gasteiger partial charge in [0.05, 0.1) is 6.61 Å². The Labute approximate surface area is 88.8 Å². The van der Waals surface area contributed by atoms with Crippen molar-refractivity contribution in [3.63, 3.8) is 0 Å². The second-order valence-electron chi connectivity index (χ2n) is 2.19. The van der Waals surface area contributed by atoms with Crippen molar-refractivity contribution in [2.45, 2.75) is 21.1 Å². The normalized spacial score (nSPS) is 16.2. The third-order valence-electron chi connectivity index (χ3n) is 1.09. The zero-order valence-electron chi connectivity index (χ0n) is 5.71. The number of hydrogen-bond donors (Lipinski definition) is 1. The van der Waals surface area contributed by atoms with Crippen LogP contribution < -0.4 is 0 Å². The van der Waals surface area contributed by atoms with Crippen LogP contribution >= 0.6 is 38.5 Å². The van der Waals surface area contributed by atoms with Gasteiger partial charge in [0.1, 0.15) is 0 Å². The average Bonchev–Trinajstić information content (AvgIpc) is 1.84. The zero-order chi connectivity index (χ0) is 9.99. The van der Waals surface area contributed by atoms with Gasteiger partial charge < -0.3 is 5.11 Å². The van der Waals surface area contributed by atoms with Crippen LogP contribution in [0.5, 0.6) is 0 Å². The summed E-state index contributed by atoms with van der Waals surface area (Å²) in [4.78, 5) is -4.21. The van der Waals surface area contributed by atoms with Gasteiger partial charge in [-0.15, -0.1) is 0 Å². The van der Waals surface area contributed by atoms with Gasteiger partial charge in [0.25, 0.3) is 0 Å². The van der Waals surface area contributed by atoms with Crippen LogP contribution in [0.2, 0.25) is 0 Å². The lowest BCUT2D eigenvalue weighted by molar-refractivity contribution is -0.151. The molecule has 0 bridgehead atoms. The molecule has 0 aliphatic rings. The highest BCUT2D eigenvalue weighted by Crippen LogP contribution is 2.43. The Hall–Kier alpha value is 0.890. The Morgan fingerprint density at radius 1 is 1.33 bits per heavy atom. The van der Waals surface area contributed by atoms with Crippen molar-refractivity contribution in [1.82, 2.24) is 0 Å². The molecule has 0 aromatic heterocycles. The van der Waals surface area contributed by atoms with E-state index in [0.29, 0.717) is 0 Å². The molecule has 0 aliphatic carbocycles. The van der Waals surface area contributed by atoms with Crippen LogP contribution in [0.1, 0.15) is 6.42 Å². The van der Waals surface area contributed by atoms with E-state index >= 15 is 0 Å². The Morgan fingerprint density at radius 2 is 1.75 bits per heavy atom. The minimum atomic E-state index is -4.21. The van der Waals surface area contributed by atoms with E-state index in [9.17, 15) is 17.6 Å². The predicted molar refractivity (Wildman–Crippen MR) is 48.3 cm³/mol. The number of alkyl halides is 6. The molecule has 0 fully saturated rings. The predicted octanol–water partition coefficient (Wildman–Crippen LogP) is 2.80. The molecular weight excluding hydrogens is 359 g/mol. The first-order valence-corrected chi connectivity index (χ1v) is 4.94. The average molecular weight is 365 g/mol. The van der Waals surface area contributed by atoms with Gasteiger partial charge in [0, 0.05) is 10.3 Å². The van der Waals surface area contributed by atoms with Crippen molar-refractivity contribution >= 4 is 38.5 Å². The highest BCUT2D eigenvalue weighted by molar-refractivity contribution is 14.1. The number of hydrogen-bond acceptors (Lipinski definition) is 1. The quantitative estimate of drug-likeness (QED) is 0.462. The molecule has 0 aromatic rings. The highest BCUT2D eigenvalue weighted by Gasteiger charge is 2.54. The van der Waals surface area contributed by atoms with Crippen LogP contribution in [0.25, 0.3) is 0 Å². The zero-order valence-corrected chi connectivity index (χ0v) is 9.45. The van der Waals surface area contributed by atoms with E-state index in [0.717, 1.165) is 0 Å². The van der Waals surface area contributed by atoms with Crippen molar-refractivity contribution in [2.75, 3.05) is 6.61 Å². The summed E-state index contributed by atoms with van der Waals surface area (Å²) in [6, 6.07) is 0. The van der Waals surface area contributed by atoms with Gasteiger partial charge in [-0.3, -0.25) is 0 Å². The van der Waals surface area contributed by atoms with Crippen molar-refractivity contribution < 1.29 is 22.7 Å².